The second kappa shape index (κ2) is 6.72. The molecule has 0 saturated heterocycles. The smallest absolute Gasteiger partial charge is 0.118 e. The first-order valence-electron chi connectivity index (χ1n) is 7.18. The fourth-order valence-corrected chi connectivity index (χ4v) is 2.24. The highest BCUT2D eigenvalue weighted by atomic mass is 16.5. The van der Waals surface area contributed by atoms with Gasteiger partial charge in [0, 0.05) is 12.4 Å². The molecule has 108 valence electrons. The molecule has 0 saturated carbocycles. The molecule has 0 bridgehead atoms. The fraction of sp³-hybridized carbons (Fsp3) is 0.0500. The third kappa shape index (κ3) is 3.41. The summed E-state index contributed by atoms with van der Waals surface area (Å²) in [6.07, 6.45) is 7.83. The number of aromatic nitrogens is 1. The van der Waals surface area contributed by atoms with Crippen LogP contribution in [0.3, 0.4) is 0 Å². The Morgan fingerprint density at radius 2 is 1.18 bits per heavy atom. The largest absolute Gasteiger partial charge is 0.497 e. The van der Waals surface area contributed by atoms with Gasteiger partial charge in [0.15, 0.2) is 0 Å². The molecule has 0 aliphatic carbocycles. The number of methoxy groups -OCH3 is 1. The van der Waals surface area contributed by atoms with E-state index in [1.165, 1.54) is 16.7 Å². The molecule has 0 unspecified atom stereocenters. The minimum atomic E-state index is 0.874. The Morgan fingerprint density at radius 3 is 1.73 bits per heavy atom. The molecular weight excluding hydrogens is 270 g/mol. The fourth-order valence-electron chi connectivity index (χ4n) is 2.24. The van der Waals surface area contributed by atoms with Gasteiger partial charge in [0.1, 0.15) is 5.75 Å². The molecular formula is C20H17NO. The lowest BCUT2D eigenvalue weighted by atomic mass is 10.0. The normalized spacial score (nSPS) is 10.8. The van der Waals surface area contributed by atoms with Crippen LogP contribution in [0.4, 0.5) is 0 Å². The zero-order valence-corrected chi connectivity index (χ0v) is 12.4. The van der Waals surface area contributed by atoms with Crippen LogP contribution in [-0.2, 0) is 0 Å². The number of pyridine rings is 1. The minimum Gasteiger partial charge on any atom is -0.497 e. The summed E-state index contributed by atoms with van der Waals surface area (Å²) in [4.78, 5) is 4.04. The van der Waals surface area contributed by atoms with E-state index in [0.717, 1.165) is 11.3 Å². The predicted octanol–water partition coefficient (Wildman–Crippen LogP) is 4.93. The van der Waals surface area contributed by atoms with Gasteiger partial charge in [-0.3, -0.25) is 4.98 Å². The summed E-state index contributed by atoms with van der Waals surface area (Å²) in [5.74, 6) is 0.874. The molecule has 0 N–H and O–H groups in total. The number of nitrogens with zero attached hydrogens (tertiary/aromatic N) is 1. The van der Waals surface area contributed by atoms with Gasteiger partial charge in [0.05, 0.1) is 7.11 Å². The first-order chi connectivity index (χ1) is 10.8. The first-order valence-corrected chi connectivity index (χ1v) is 7.18. The van der Waals surface area contributed by atoms with Crippen LogP contribution in [0.25, 0.3) is 23.3 Å². The lowest BCUT2D eigenvalue weighted by Gasteiger charge is -2.02. The maximum absolute atomic E-state index is 5.16. The predicted molar refractivity (Wildman–Crippen MR) is 91.6 cm³/mol. The van der Waals surface area contributed by atoms with Gasteiger partial charge in [0.25, 0.3) is 0 Å². The Kier molecular flexibility index (Phi) is 4.30. The number of hydrogen-bond acceptors (Lipinski definition) is 2. The van der Waals surface area contributed by atoms with E-state index in [4.69, 9.17) is 4.74 Å². The number of rotatable bonds is 4. The van der Waals surface area contributed by atoms with E-state index in [1.807, 2.05) is 48.8 Å². The third-order valence-electron chi connectivity index (χ3n) is 3.51. The summed E-state index contributed by atoms with van der Waals surface area (Å²) in [6, 6.07) is 20.5. The average molecular weight is 287 g/mol. The zero-order chi connectivity index (χ0) is 15.2. The Labute approximate surface area is 130 Å². The van der Waals surface area contributed by atoms with Crippen LogP contribution in [0.1, 0.15) is 11.1 Å². The molecule has 2 aromatic carbocycles. The molecule has 0 aliphatic rings. The molecule has 22 heavy (non-hydrogen) atoms. The van der Waals surface area contributed by atoms with Gasteiger partial charge in [-0.2, -0.15) is 0 Å². The van der Waals surface area contributed by atoms with Crippen LogP contribution >= 0.6 is 0 Å². The maximum atomic E-state index is 5.16. The molecule has 0 atom stereocenters. The topological polar surface area (TPSA) is 22.1 Å². The highest BCUT2D eigenvalue weighted by Gasteiger charge is 1.96. The lowest BCUT2D eigenvalue weighted by Crippen LogP contribution is -1.81. The van der Waals surface area contributed by atoms with Crippen molar-refractivity contribution in [2.45, 2.75) is 0 Å². The van der Waals surface area contributed by atoms with Crippen LogP contribution in [0, 0.1) is 0 Å². The molecule has 0 fully saturated rings. The zero-order valence-electron chi connectivity index (χ0n) is 12.4. The van der Waals surface area contributed by atoms with Crippen molar-refractivity contribution in [3.05, 3.63) is 84.2 Å². The Hall–Kier alpha value is -2.87. The Bertz CT molecular complexity index is 744. The van der Waals surface area contributed by atoms with E-state index in [9.17, 15) is 0 Å². The van der Waals surface area contributed by atoms with Crippen molar-refractivity contribution >= 4 is 12.2 Å². The van der Waals surface area contributed by atoms with Crippen LogP contribution in [-0.4, -0.2) is 12.1 Å². The molecule has 1 heterocycles. The number of benzene rings is 2. The maximum Gasteiger partial charge on any atom is 0.118 e. The molecule has 0 aliphatic heterocycles. The first kappa shape index (κ1) is 14.1. The van der Waals surface area contributed by atoms with E-state index in [0.29, 0.717) is 0 Å². The van der Waals surface area contributed by atoms with Gasteiger partial charge in [-0.25, -0.2) is 0 Å². The second-order valence-corrected chi connectivity index (χ2v) is 4.96. The summed E-state index contributed by atoms with van der Waals surface area (Å²) < 4.78 is 5.16. The second-order valence-electron chi connectivity index (χ2n) is 4.96. The quantitative estimate of drug-likeness (QED) is 0.635. The lowest BCUT2D eigenvalue weighted by molar-refractivity contribution is 0.415. The van der Waals surface area contributed by atoms with Gasteiger partial charge in [-0.15, -0.1) is 0 Å². The summed E-state index contributed by atoms with van der Waals surface area (Å²) in [5, 5.41) is 0. The minimum absolute atomic E-state index is 0.874. The van der Waals surface area contributed by atoms with E-state index in [2.05, 4.69) is 41.4 Å². The van der Waals surface area contributed by atoms with Crippen molar-refractivity contribution in [1.29, 1.82) is 0 Å². The van der Waals surface area contributed by atoms with Crippen LogP contribution in [0.2, 0.25) is 0 Å². The molecule has 3 aromatic rings. The van der Waals surface area contributed by atoms with Gasteiger partial charge >= 0.3 is 0 Å². The molecule has 2 heteroatoms. The van der Waals surface area contributed by atoms with E-state index in [-0.39, 0.29) is 0 Å². The van der Waals surface area contributed by atoms with Crippen LogP contribution < -0.4 is 4.74 Å². The highest BCUT2D eigenvalue weighted by Crippen LogP contribution is 2.20. The van der Waals surface area contributed by atoms with E-state index in [1.54, 1.807) is 7.11 Å². The Morgan fingerprint density at radius 1 is 0.682 bits per heavy atom. The van der Waals surface area contributed by atoms with Gasteiger partial charge in [-0.05, 0) is 46.5 Å². The Balaban J connectivity index is 1.74. The molecule has 0 amide bonds. The van der Waals surface area contributed by atoms with Crippen molar-refractivity contribution in [2.75, 3.05) is 7.11 Å². The highest BCUT2D eigenvalue weighted by molar-refractivity contribution is 5.72. The van der Waals surface area contributed by atoms with Gasteiger partial charge < -0.3 is 4.74 Å². The average Bonchev–Trinajstić information content (AvgIpc) is 2.61. The molecule has 0 radical (unpaired) electrons. The third-order valence-corrected chi connectivity index (χ3v) is 3.51. The number of hydrogen-bond donors (Lipinski definition) is 0. The molecule has 2 nitrogen and oxygen atoms in total. The van der Waals surface area contributed by atoms with E-state index >= 15 is 0 Å². The standard InChI is InChI=1S/C20H17NO/c1-22-20-10-6-17(7-11-20)3-2-16-4-8-18(9-5-16)19-12-14-21-15-13-19/h2-15H,1H3/b3-2+. The molecule has 1 aromatic heterocycles. The molecule has 0 spiro atoms. The van der Waals surface area contributed by atoms with Crippen molar-refractivity contribution in [1.82, 2.24) is 4.98 Å². The van der Waals surface area contributed by atoms with Crippen LogP contribution in [0.15, 0.2) is 73.1 Å². The van der Waals surface area contributed by atoms with Gasteiger partial charge in [-0.1, -0.05) is 48.6 Å². The number of ether oxygens (including phenoxy) is 1. The molecule has 3 rings (SSSR count). The van der Waals surface area contributed by atoms with E-state index < -0.39 is 0 Å². The summed E-state index contributed by atoms with van der Waals surface area (Å²) in [7, 11) is 1.68. The summed E-state index contributed by atoms with van der Waals surface area (Å²) in [5.41, 5.74) is 4.71. The van der Waals surface area contributed by atoms with Crippen LogP contribution in [0.5, 0.6) is 5.75 Å². The summed E-state index contributed by atoms with van der Waals surface area (Å²) >= 11 is 0. The monoisotopic (exact) mass is 287 g/mol. The van der Waals surface area contributed by atoms with Crippen molar-refractivity contribution < 1.29 is 4.74 Å². The van der Waals surface area contributed by atoms with Gasteiger partial charge in [0.2, 0.25) is 0 Å². The summed E-state index contributed by atoms with van der Waals surface area (Å²) in [6.45, 7) is 0. The van der Waals surface area contributed by atoms with Crippen molar-refractivity contribution in [2.24, 2.45) is 0 Å². The van der Waals surface area contributed by atoms with Crippen molar-refractivity contribution in [3.63, 3.8) is 0 Å². The van der Waals surface area contributed by atoms with Crippen molar-refractivity contribution in [3.8, 4) is 16.9 Å². The SMILES string of the molecule is COc1ccc(/C=C/c2ccc(-c3ccncc3)cc2)cc1.